The van der Waals surface area contributed by atoms with Gasteiger partial charge in [-0.2, -0.15) is 4.98 Å². The predicted octanol–water partition coefficient (Wildman–Crippen LogP) is 1.06. The van der Waals surface area contributed by atoms with Gasteiger partial charge in [-0.3, -0.25) is 4.79 Å². The van der Waals surface area contributed by atoms with E-state index in [0.29, 0.717) is 38.7 Å². The number of nitrogen functional groups attached to an aromatic ring is 1. The summed E-state index contributed by atoms with van der Waals surface area (Å²) in [5.74, 6) is -0.260. The van der Waals surface area contributed by atoms with Crippen LogP contribution in [0.5, 0.6) is 11.5 Å². The number of hydrogen-bond donors (Lipinski definition) is 1. The molecule has 0 aliphatic carbocycles. The van der Waals surface area contributed by atoms with E-state index < -0.39 is 14.1 Å². The lowest BCUT2D eigenvalue weighted by atomic mass is 10.2. The third-order valence-electron chi connectivity index (χ3n) is 5.08. The van der Waals surface area contributed by atoms with Gasteiger partial charge in [0.15, 0.2) is 11.5 Å². The van der Waals surface area contributed by atoms with E-state index in [4.69, 9.17) is 28.2 Å². The van der Waals surface area contributed by atoms with Crippen LogP contribution in [-0.4, -0.2) is 73.7 Å². The fourth-order valence-corrected chi connectivity index (χ4v) is 3.55. The summed E-state index contributed by atoms with van der Waals surface area (Å²) < 4.78 is 59.5. The molecule has 2 aliphatic rings. The summed E-state index contributed by atoms with van der Waals surface area (Å²) in [4.78, 5) is 25.0. The fraction of sp³-hybridized carbons (Fsp3) is 0.526. The summed E-state index contributed by atoms with van der Waals surface area (Å²) in [6.45, 7) is 2.50. The molecule has 0 bridgehead atoms. The Labute approximate surface area is 171 Å². The second kappa shape index (κ2) is 7.67. The van der Waals surface area contributed by atoms with E-state index in [1.54, 1.807) is 4.90 Å². The number of carbonyl (C=O) groups is 1. The maximum Gasteiger partial charge on any atom is 0.251 e. The number of hydrogen-bond acceptors (Lipinski definition) is 8. The zero-order chi connectivity index (χ0) is 24.7. The molecule has 3 heterocycles. The Kier molecular flexibility index (Phi) is 3.45. The van der Waals surface area contributed by atoms with Gasteiger partial charge >= 0.3 is 0 Å². The number of aromatic nitrogens is 2. The topological polar surface area (TPSA) is 103 Å². The van der Waals surface area contributed by atoms with Gasteiger partial charge in [-0.25, -0.2) is 4.98 Å². The maximum absolute atomic E-state index is 12.6. The van der Waals surface area contributed by atoms with Crippen LogP contribution < -0.4 is 20.1 Å². The van der Waals surface area contributed by atoms with Gasteiger partial charge in [-0.15, -0.1) is 0 Å². The van der Waals surface area contributed by atoms with E-state index in [1.165, 1.54) is 12.1 Å². The molecule has 1 aromatic carbocycles. The molecule has 150 valence electrons. The van der Waals surface area contributed by atoms with Gasteiger partial charge < -0.3 is 29.7 Å². The van der Waals surface area contributed by atoms with Crippen molar-refractivity contribution in [3.63, 3.8) is 0 Å². The summed E-state index contributed by atoms with van der Waals surface area (Å²) in [5.41, 5.74) is 6.39. The average molecular weight is 393 g/mol. The Bertz CT molecular complexity index is 1070. The Morgan fingerprint density at radius 2 is 1.96 bits per heavy atom. The number of anilines is 2. The summed E-state index contributed by atoms with van der Waals surface area (Å²) in [6, 6.07) is 2.52. The lowest BCUT2D eigenvalue weighted by Gasteiger charge is -2.35. The van der Waals surface area contributed by atoms with Gasteiger partial charge in [-0.05, 0) is 18.9 Å². The first-order valence-electron chi connectivity index (χ1n) is 12.0. The lowest BCUT2D eigenvalue weighted by molar-refractivity contribution is -0.141. The van der Waals surface area contributed by atoms with E-state index in [0.717, 1.165) is 12.8 Å². The number of nitrogens with zero attached hydrogens (tertiary/aromatic N) is 4. The maximum atomic E-state index is 12.6. The summed E-state index contributed by atoms with van der Waals surface area (Å²) in [7, 11) is -5.68. The van der Waals surface area contributed by atoms with E-state index >= 15 is 0 Å². The molecule has 2 saturated heterocycles. The first-order valence-corrected chi connectivity index (χ1v) is 9.04. The zero-order valence-corrected chi connectivity index (χ0v) is 15.2. The van der Waals surface area contributed by atoms with Gasteiger partial charge in [0, 0.05) is 44.2 Å². The first kappa shape index (κ1) is 12.6. The van der Waals surface area contributed by atoms with Crippen molar-refractivity contribution in [1.82, 2.24) is 14.9 Å². The molecular weight excluding hydrogens is 362 g/mol. The van der Waals surface area contributed by atoms with Gasteiger partial charge in [0.05, 0.1) is 27.8 Å². The number of rotatable bonds is 4. The number of piperazine rings is 1. The monoisotopic (exact) mass is 393 g/mol. The molecule has 0 spiro atoms. The molecule has 2 aromatic rings. The molecule has 0 radical (unpaired) electrons. The summed E-state index contributed by atoms with van der Waals surface area (Å²) in [5, 5.41) is 0.285. The van der Waals surface area contributed by atoms with Crippen LogP contribution in [0.4, 0.5) is 11.8 Å². The van der Waals surface area contributed by atoms with Crippen LogP contribution in [0.15, 0.2) is 12.1 Å². The molecule has 1 unspecified atom stereocenters. The Hall–Kier alpha value is -2.81. The number of benzene rings is 1. The molecule has 2 N–H and O–H groups in total. The standard InChI is InChI=1S/C19H25N5O4/c1-26-15-10-12-13(11-16(15)27-2)21-19(22-17(12)20)24-7-5-23(6-8-24)18(25)14-4-3-9-28-14/h10-11,14H,3-9H2,1-2H3,(H2,20,21,22)/i1D3,2D3. The minimum atomic E-state index is -2.84. The SMILES string of the molecule is [2H]C([2H])([2H])Oc1cc2nc(N3CCN(C(=O)C4CCCO4)CC3)nc(N)c2cc1OC([2H])([2H])[2H]. The van der Waals surface area contributed by atoms with Crippen molar-refractivity contribution < 1.29 is 27.2 Å². The van der Waals surface area contributed by atoms with Crippen molar-refractivity contribution in [2.45, 2.75) is 18.9 Å². The highest BCUT2D eigenvalue weighted by Gasteiger charge is 2.31. The van der Waals surface area contributed by atoms with E-state index in [1.807, 2.05) is 4.90 Å². The van der Waals surface area contributed by atoms with E-state index in [2.05, 4.69) is 9.97 Å². The second-order valence-electron chi connectivity index (χ2n) is 6.74. The predicted molar refractivity (Wildman–Crippen MR) is 105 cm³/mol. The molecule has 2 aliphatic heterocycles. The van der Waals surface area contributed by atoms with Crippen molar-refractivity contribution in [2.75, 3.05) is 57.5 Å². The van der Waals surface area contributed by atoms with E-state index in [-0.39, 0.29) is 40.2 Å². The zero-order valence-electron chi connectivity index (χ0n) is 21.2. The summed E-state index contributed by atoms with van der Waals surface area (Å²) >= 11 is 0. The highest BCUT2D eigenvalue weighted by molar-refractivity contribution is 5.91. The molecule has 9 heteroatoms. The van der Waals surface area contributed by atoms with E-state index in [9.17, 15) is 4.79 Å². The number of fused-ring (bicyclic) bond motifs is 1. The molecule has 1 aromatic heterocycles. The first-order chi connectivity index (χ1) is 15.9. The molecule has 0 saturated carbocycles. The van der Waals surface area contributed by atoms with Crippen LogP contribution in [0.3, 0.4) is 0 Å². The Balaban J connectivity index is 1.58. The van der Waals surface area contributed by atoms with Crippen LogP contribution in [0.2, 0.25) is 0 Å². The molecule has 4 rings (SSSR count). The molecule has 9 nitrogen and oxygen atoms in total. The molecule has 1 atom stereocenters. The van der Waals surface area contributed by atoms with Crippen LogP contribution in [0.1, 0.15) is 21.1 Å². The Morgan fingerprint density at radius 3 is 2.64 bits per heavy atom. The highest BCUT2D eigenvalue weighted by Crippen LogP contribution is 2.34. The molecule has 1 amide bonds. The normalized spacial score (nSPS) is 23.9. The fourth-order valence-electron chi connectivity index (χ4n) is 3.55. The van der Waals surface area contributed by atoms with Gasteiger partial charge in [0.25, 0.3) is 5.91 Å². The van der Waals surface area contributed by atoms with Crippen molar-refractivity contribution in [3.8, 4) is 11.5 Å². The molecule has 2 fully saturated rings. The van der Waals surface area contributed by atoms with Crippen LogP contribution in [0.25, 0.3) is 10.9 Å². The Morgan fingerprint density at radius 1 is 1.21 bits per heavy atom. The third kappa shape index (κ3) is 3.37. The van der Waals surface area contributed by atoms with Crippen molar-refractivity contribution in [2.24, 2.45) is 0 Å². The van der Waals surface area contributed by atoms with Crippen LogP contribution >= 0.6 is 0 Å². The van der Waals surface area contributed by atoms with Crippen LogP contribution in [-0.2, 0) is 9.53 Å². The quantitative estimate of drug-likeness (QED) is 0.822. The second-order valence-corrected chi connectivity index (χ2v) is 6.74. The van der Waals surface area contributed by atoms with Gasteiger partial charge in [0.2, 0.25) is 5.95 Å². The summed E-state index contributed by atoms with van der Waals surface area (Å²) in [6.07, 6.45) is 1.24. The number of nitrogens with two attached hydrogens (primary N) is 1. The lowest BCUT2D eigenvalue weighted by Crippen LogP contribution is -2.51. The highest BCUT2D eigenvalue weighted by atomic mass is 16.5. The average Bonchev–Trinajstić information content (AvgIpc) is 3.27. The van der Waals surface area contributed by atoms with Crippen LogP contribution in [0, 0.1) is 0 Å². The largest absolute Gasteiger partial charge is 0.493 e. The van der Waals surface area contributed by atoms with Crippen molar-refractivity contribution in [1.29, 1.82) is 0 Å². The smallest absolute Gasteiger partial charge is 0.251 e. The van der Waals surface area contributed by atoms with Crippen molar-refractivity contribution in [3.05, 3.63) is 12.1 Å². The number of methoxy groups -OCH3 is 2. The minimum Gasteiger partial charge on any atom is -0.493 e. The minimum absolute atomic E-state index is 0.00987. The van der Waals surface area contributed by atoms with Crippen molar-refractivity contribution >= 4 is 28.6 Å². The molecule has 28 heavy (non-hydrogen) atoms. The number of ether oxygens (including phenoxy) is 3. The van der Waals surface area contributed by atoms with Gasteiger partial charge in [-0.1, -0.05) is 0 Å². The molecular formula is C19H25N5O4. The van der Waals surface area contributed by atoms with Gasteiger partial charge in [0.1, 0.15) is 11.9 Å². The number of carbonyl (C=O) groups excluding carboxylic acids is 1. The number of amides is 1. The third-order valence-corrected chi connectivity index (χ3v) is 5.08.